The van der Waals surface area contributed by atoms with Gasteiger partial charge in [-0.15, -0.1) is 0 Å². The molecule has 1 N–H and O–H groups in total. The van der Waals surface area contributed by atoms with Crippen molar-refractivity contribution in [1.82, 2.24) is 4.90 Å². The van der Waals surface area contributed by atoms with Crippen molar-refractivity contribution in [3.05, 3.63) is 29.8 Å². The van der Waals surface area contributed by atoms with Gasteiger partial charge in [0.15, 0.2) is 0 Å². The number of benzene rings is 1. The van der Waals surface area contributed by atoms with E-state index in [9.17, 15) is 14.4 Å². The normalized spacial score (nSPS) is 17.3. The summed E-state index contributed by atoms with van der Waals surface area (Å²) in [5.41, 5.74) is 1.16. The maximum atomic E-state index is 12.0. The Labute approximate surface area is 116 Å². The van der Waals surface area contributed by atoms with E-state index in [-0.39, 0.29) is 0 Å². The molecule has 1 atom stereocenters. The van der Waals surface area contributed by atoms with E-state index in [2.05, 4.69) is 0 Å². The molecule has 1 aromatic carbocycles. The third-order valence-electron chi connectivity index (χ3n) is 3.49. The largest absolute Gasteiger partial charge is 0.481 e. The number of hydrogen-bond acceptors (Lipinski definition) is 3. The monoisotopic (exact) mass is 276 g/mol. The summed E-state index contributed by atoms with van der Waals surface area (Å²) in [6.07, 6.45) is 0. The number of carboxylic acids is 1. The minimum atomic E-state index is -0.928. The van der Waals surface area contributed by atoms with Crippen LogP contribution in [0.15, 0.2) is 24.3 Å². The number of likely N-dealkylation sites (N-methyl/N-ethyl adjacent to an activating group) is 1. The minimum absolute atomic E-state index is 0.409. The Kier molecular flexibility index (Phi) is 3.74. The van der Waals surface area contributed by atoms with E-state index < -0.39 is 23.7 Å². The molecular formula is C14H16N2O4. The van der Waals surface area contributed by atoms with Gasteiger partial charge in [-0.2, -0.15) is 0 Å². The second-order valence-electron chi connectivity index (χ2n) is 4.84. The number of aliphatic carboxylic acids is 1. The first-order chi connectivity index (χ1) is 9.41. The predicted octanol–water partition coefficient (Wildman–Crippen LogP) is 0.680. The molecule has 6 nitrogen and oxygen atoms in total. The molecule has 20 heavy (non-hydrogen) atoms. The zero-order valence-corrected chi connectivity index (χ0v) is 11.4. The Morgan fingerprint density at radius 1 is 1.25 bits per heavy atom. The highest BCUT2D eigenvalue weighted by atomic mass is 16.4. The number of amides is 2. The second-order valence-corrected chi connectivity index (χ2v) is 4.84. The smallest absolute Gasteiger partial charge is 0.316 e. The lowest BCUT2D eigenvalue weighted by Gasteiger charge is -2.31. The number of hydrogen-bond donors (Lipinski definition) is 1. The van der Waals surface area contributed by atoms with Crippen LogP contribution >= 0.6 is 0 Å². The van der Waals surface area contributed by atoms with E-state index >= 15 is 0 Å². The fourth-order valence-corrected chi connectivity index (χ4v) is 2.08. The first kappa shape index (κ1) is 14.0. The second kappa shape index (κ2) is 5.32. The fourth-order valence-electron chi connectivity index (χ4n) is 2.08. The molecule has 0 spiro atoms. The topological polar surface area (TPSA) is 77.9 Å². The summed E-state index contributed by atoms with van der Waals surface area (Å²) in [6.45, 7) is 2.45. The molecule has 6 heteroatoms. The van der Waals surface area contributed by atoms with Gasteiger partial charge < -0.3 is 14.9 Å². The van der Waals surface area contributed by atoms with Crippen LogP contribution < -0.4 is 4.90 Å². The Hall–Kier alpha value is -2.37. The van der Waals surface area contributed by atoms with Gasteiger partial charge in [0, 0.05) is 25.8 Å². The number of anilines is 1. The van der Waals surface area contributed by atoms with Gasteiger partial charge in [-0.25, -0.2) is 0 Å². The van der Waals surface area contributed by atoms with Crippen LogP contribution in [0.25, 0.3) is 0 Å². The molecule has 0 aromatic heterocycles. The van der Waals surface area contributed by atoms with Crippen molar-refractivity contribution in [1.29, 1.82) is 0 Å². The Bertz CT molecular complexity index is 570. The van der Waals surface area contributed by atoms with Crippen molar-refractivity contribution >= 4 is 23.5 Å². The van der Waals surface area contributed by atoms with E-state index in [4.69, 9.17) is 5.11 Å². The maximum Gasteiger partial charge on any atom is 0.316 e. The van der Waals surface area contributed by atoms with Gasteiger partial charge in [0.25, 0.3) is 0 Å². The van der Waals surface area contributed by atoms with Gasteiger partial charge in [-0.1, -0.05) is 12.1 Å². The Balaban J connectivity index is 2.30. The molecular weight excluding hydrogens is 260 g/mol. The quantitative estimate of drug-likeness (QED) is 0.823. The van der Waals surface area contributed by atoms with Gasteiger partial charge in [0.2, 0.25) is 0 Å². The zero-order valence-electron chi connectivity index (χ0n) is 11.4. The van der Waals surface area contributed by atoms with Crippen LogP contribution in [-0.4, -0.2) is 47.9 Å². The number of carbonyl (C=O) groups is 3. The molecule has 0 aliphatic carbocycles. The fraction of sp³-hybridized carbons (Fsp3) is 0.357. The lowest BCUT2D eigenvalue weighted by atomic mass is 10.0. The predicted molar refractivity (Wildman–Crippen MR) is 72.5 cm³/mol. The van der Waals surface area contributed by atoms with E-state index in [1.807, 2.05) is 0 Å². The molecule has 0 bridgehead atoms. The van der Waals surface area contributed by atoms with E-state index in [1.54, 1.807) is 38.2 Å². The molecule has 106 valence electrons. The van der Waals surface area contributed by atoms with Gasteiger partial charge in [-0.3, -0.25) is 14.4 Å². The third kappa shape index (κ3) is 2.49. The SMILES string of the molecule is CC(C(=O)O)c1cccc(N2CCN(C)C(=O)C2=O)c1. The van der Waals surface area contributed by atoms with E-state index in [0.29, 0.717) is 24.3 Å². The van der Waals surface area contributed by atoms with Crippen LogP contribution in [0.4, 0.5) is 5.69 Å². The van der Waals surface area contributed by atoms with Crippen molar-refractivity contribution in [3.63, 3.8) is 0 Å². The first-order valence-electron chi connectivity index (χ1n) is 6.31. The molecule has 1 saturated heterocycles. The molecule has 1 heterocycles. The van der Waals surface area contributed by atoms with Crippen molar-refractivity contribution < 1.29 is 19.5 Å². The zero-order chi connectivity index (χ0) is 14.9. The molecule has 1 aliphatic heterocycles. The number of nitrogens with zero attached hydrogens (tertiary/aromatic N) is 2. The van der Waals surface area contributed by atoms with Crippen molar-refractivity contribution in [3.8, 4) is 0 Å². The van der Waals surface area contributed by atoms with Crippen LogP contribution in [0.5, 0.6) is 0 Å². The van der Waals surface area contributed by atoms with Crippen molar-refractivity contribution in [2.75, 3.05) is 25.0 Å². The Morgan fingerprint density at radius 3 is 2.60 bits per heavy atom. The van der Waals surface area contributed by atoms with Crippen molar-refractivity contribution in [2.24, 2.45) is 0 Å². The number of rotatable bonds is 3. The molecule has 1 aromatic rings. The number of carbonyl (C=O) groups excluding carboxylic acids is 2. The molecule has 2 rings (SSSR count). The number of piperazine rings is 1. The van der Waals surface area contributed by atoms with Crippen LogP contribution in [-0.2, 0) is 14.4 Å². The summed E-state index contributed by atoms with van der Waals surface area (Å²) in [5, 5.41) is 9.02. The molecule has 1 aliphatic rings. The molecule has 0 saturated carbocycles. The lowest BCUT2D eigenvalue weighted by Crippen LogP contribution is -2.53. The summed E-state index contributed by atoms with van der Waals surface area (Å²) in [7, 11) is 1.58. The maximum absolute atomic E-state index is 12.0. The van der Waals surface area contributed by atoms with Gasteiger partial charge >= 0.3 is 17.8 Å². The van der Waals surface area contributed by atoms with Crippen LogP contribution in [0.3, 0.4) is 0 Å². The highest BCUT2D eigenvalue weighted by molar-refractivity contribution is 6.40. The average molecular weight is 276 g/mol. The van der Waals surface area contributed by atoms with Gasteiger partial charge in [0.1, 0.15) is 0 Å². The van der Waals surface area contributed by atoms with E-state index in [0.717, 1.165) is 0 Å². The van der Waals surface area contributed by atoms with Crippen LogP contribution in [0.2, 0.25) is 0 Å². The van der Waals surface area contributed by atoms with Crippen molar-refractivity contribution in [2.45, 2.75) is 12.8 Å². The minimum Gasteiger partial charge on any atom is -0.481 e. The molecule has 1 fully saturated rings. The molecule has 0 radical (unpaired) electrons. The summed E-state index contributed by atoms with van der Waals surface area (Å²) < 4.78 is 0. The van der Waals surface area contributed by atoms with Crippen LogP contribution in [0, 0.1) is 0 Å². The average Bonchev–Trinajstić information content (AvgIpc) is 2.44. The summed E-state index contributed by atoms with van der Waals surface area (Å²) >= 11 is 0. The molecule has 1 unspecified atom stereocenters. The van der Waals surface area contributed by atoms with E-state index in [1.165, 1.54) is 9.80 Å². The van der Waals surface area contributed by atoms with Crippen LogP contribution in [0.1, 0.15) is 18.4 Å². The third-order valence-corrected chi connectivity index (χ3v) is 3.49. The summed E-state index contributed by atoms with van der Waals surface area (Å²) in [5.74, 6) is -2.72. The Morgan fingerprint density at radius 2 is 1.95 bits per heavy atom. The highest BCUT2D eigenvalue weighted by Crippen LogP contribution is 2.23. The highest BCUT2D eigenvalue weighted by Gasteiger charge is 2.31. The number of carboxylic acid groups (broad SMARTS) is 1. The summed E-state index contributed by atoms with van der Waals surface area (Å²) in [4.78, 5) is 37.4. The summed E-state index contributed by atoms with van der Waals surface area (Å²) in [6, 6.07) is 6.74. The van der Waals surface area contributed by atoms with Gasteiger partial charge in [0.05, 0.1) is 5.92 Å². The molecule has 2 amide bonds. The lowest BCUT2D eigenvalue weighted by molar-refractivity contribution is -0.145. The first-order valence-corrected chi connectivity index (χ1v) is 6.31. The van der Waals surface area contributed by atoms with Gasteiger partial charge in [-0.05, 0) is 24.6 Å². The standard InChI is InChI=1S/C14H16N2O4/c1-9(14(19)20)10-4-3-5-11(8-10)16-7-6-15(2)12(17)13(16)18/h3-5,8-9H,6-7H2,1-2H3,(H,19,20).